The number of hydrogen-bond acceptors (Lipinski definition) is 3. The van der Waals surface area contributed by atoms with Crippen molar-refractivity contribution in [3.05, 3.63) is 52.0 Å². The van der Waals surface area contributed by atoms with Gasteiger partial charge in [-0.05, 0) is 54.8 Å². The van der Waals surface area contributed by atoms with Gasteiger partial charge < -0.3 is 20.5 Å². The summed E-state index contributed by atoms with van der Waals surface area (Å²) in [6.45, 7) is 5.52. The van der Waals surface area contributed by atoms with Crippen LogP contribution in [0.2, 0.25) is 5.02 Å². The van der Waals surface area contributed by atoms with E-state index in [4.69, 9.17) is 26.8 Å². The summed E-state index contributed by atoms with van der Waals surface area (Å²) < 4.78 is 11.1. The fourth-order valence-electron chi connectivity index (χ4n) is 2.67. The Morgan fingerprint density at radius 3 is 2.52 bits per heavy atom. The van der Waals surface area contributed by atoms with Crippen molar-refractivity contribution >= 4 is 47.2 Å². The van der Waals surface area contributed by atoms with E-state index in [0.717, 1.165) is 11.3 Å². The largest absolute Gasteiger partial charge is 0.486 e. The average Bonchev–Trinajstić information content (AvgIpc) is 2.52. The molecule has 0 atom stereocenters. The molecule has 3 N–H and O–H groups in total. The Kier molecular flexibility index (Phi) is 6.78. The molecule has 7 heteroatoms. The van der Waals surface area contributed by atoms with Crippen LogP contribution in [0.4, 0.5) is 5.69 Å². The summed E-state index contributed by atoms with van der Waals surface area (Å²) >= 11 is 6.23. The van der Waals surface area contributed by atoms with E-state index >= 15 is 0 Å². The van der Waals surface area contributed by atoms with Crippen LogP contribution in [0.25, 0.3) is 0 Å². The Balaban J connectivity index is 0.00000225. The summed E-state index contributed by atoms with van der Waals surface area (Å²) in [6, 6.07) is 9.86. The summed E-state index contributed by atoms with van der Waals surface area (Å²) in [6.07, 6.45) is 0. The van der Waals surface area contributed by atoms with Crippen LogP contribution in [0.5, 0.6) is 11.5 Å². The minimum Gasteiger partial charge on any atom is -0.486 e. The van der Waals surface area contributed by atoms with Crippen molar-refractivity contribution in [3.63, 3.8) is 0 Å². The first kappa shape index (κ1) is 19.7. The predicted octanol–water partition coefficient (Wildman–Crippen LogP) is 4.27. The second-order valence-corrected chi connectivity index (χ2v) is 6.21. The molecular formula is C18H21ClIN3O2. The minimum atomic E-state index is 0. The standard InChI is InChI=1S/C18H20ClN3O2.HI/c1-11-5-12(2)7-14(6-11)22-18(20)21-10-13-8-15(19)17-16(9-13)23-3-4-24-17;/h5-9H,3-4,10H2,1-2H3,(H3,20,21,22);1H. The summed E-state index contributed by atoms with van der Waals surface area (Å²) in [5, 5.41) is 3.64. The molecule has 0 unspecified atom stereocenters. The maximum atomic E-state index is 6.23. The van der Waals surface area contributed by atoms with E-state index in [0.29, 0.717) is 42.2 Å². The highest BCUT2D eigenvalue weighted by molar-refractivity contribution is 14.0. The first-order valence-electron chi connectivity index (χ1n) is 7.74. The second kappa shape index (κ2) is 8.62. The maximum absolute atomic E-state index is 6.23. The molecule has 0 aromatic heterocycles. The molecule has 5 nitrogen and oxygen atoms in total. The molecular weight excluding hydrogens is 453 g/mol. The number of ether oxygens (including phenoxy) is 2. The zero-order chi connectivity index (χ0) is 17.1. The summed E-state index contributed by atoms with van der Waals surface area (Å²) in [5.41, 5.74) is 10.2. The van der Waals surface area contributed by atoms with E-state index in [1.54, 1.807) is 0 Å². The van der Waals surface area contributed by atoms with Crippen molar-refractivity contribution in [1.82, 2.24) is 0 Å². The minimum absolute atomic E-state index is 0. The van der Waals surface area contributed by atoms with Gasteiger partial charge in [0, 0.05) is 5.69 Å². The third-order valence-corrected chi connectivity index (χ3v) is 3.86. The van der Waals surface area contributed by atoms with Crippen LogP contribution >= 0.6 is 35.6 Å². The molecule has 1 aliphatic heterocycles. The van der Waals surface area contributed by atoms with E-state index in [-0.39, 0.29) is 24.0 Å². The number of anilines is 1. The van der Waals surface area contributed by atoms with Crippen LogP contribution in [-0.4, -0.2) is 19.2 Å². The van der Waals surface area contributed by atoms with E-state index in [9.17, 15) is 0 Å². The molecule has 0 bridgehead atoms. The summed E-state index contributed by atoms with van der Waals surface area (Å²) in [5.74, 6) is 1.60. The number of benzene rings is 2. The summed E-state index contributed by atoms with van der Waals surface area (Å²) in [7, 11) is 0. The number of guanidine groups is 1. The SMILES string of the molecule is Cc1cc(C)cc(NC(N)=NCc2cc(Cl)c3c(c2)OCCO3)c1.I. The van der Waals surface area contributed by atoms with Crippen LogP contribution in [0.3, 0.4) is 0 Å². The van der Waals surface area contributed by atoms with Gasteiger partial charge in [0.05, 0.1) is 11.6 Å². The molecule has 1 heterocycles. The Hall–Kier alpha value is -1.67. The topological polar surface area (TPSA) is 68.9 Å². The van der Waals surface area contributed by atoms with Gasteiger partial charge in [-0.1, -0.05) is 17.7 Å². The molecule has 0 saturated heterocycles. The lowest BCUT2D eigenvalue weighted by atomic mass is 10.1. The molecule has 3 rings (SSSR count). The van der Waals surface area contributed by atoms with Crippen molar-refractivity contribution in [2.75, 3.05) is 18.5 Å². The van der Waals surface area contributed by atoms with Gasteiger partial charge in [-0.3, -0.25) is 0 Å². The van der Waals surface area contributed by atoms with Gasteiger partial charge in [-0.2, -0.15) is 0 Å². The smallest absolute Gasteiger partial charge is 0.193 e. The van der Waals surface area contributed by atoms with Crippen molar-refractivity contribution in [2.45, 2.75) is 20.4 Å². The molecule has 0 spiro atoms. The van der Waals surface area contributed by atoms with Gasteiger partial charge >= 0.3 is 0 Å². The highest BCUT2D eigenvalue weighted by Crippen LogP contribution is 2.38. The first-order chi connectivity index (χ1) is 11.5. The fourth-order valence-corrected chi connectivity index (χ4v) is 2.95. The third-order valence-electron chi connectivity index (χ3n) is 3.58. The predicted molar refractivity (Wildman–Crippen MR) is 113 cm³/mol. The fraction of sp³-hybridized carbons (Fsp3) is 0.278. The summed E-state index contributed by atoms with van der Waals surface area (Å²) in [4.78, 5) is 4.37. The van der Waals surface area contributed by atoms with Gasteiger partial charge in [-0.15, -0.1) is 24.0 Å². The molecule has 0 radical (unpaired) electrons. The zero-order valence-electron chi connectivity index (χ0n) is 14.1. The van der Waals surface area contributed by atoms with Crippen LogP contribution < -0.4 is 20.5 Å². The van der Waals surface area contributed by atoms with Crippen LogP contribution in [0.15, 0.2) is 35.3 Å². The van der Waals surface area contributed by atoms with Crippen molar-refractivity contribution in [3.8, 4) is 11.5 Å². The van der Waals surface area contributed by atoms with Crippen molar-refractivity contribution < 1.29 is 9.47 Å². The average molecular weight is 474 g/mol. The molecule has 0 fully saturated rings. The number of halogens is 2. The highest BCUT2D eigenvalue weighted by Gasteiger charge is 2.16. The molecule has 0 saturated carbocycles. The number of nitrogens with one attached hydrogen (secondary N) is 1. The third kappa shape index (κ3) is 5.15. The van der Waals surface area contributed by atoms with Crippen molar-refractivity contribution in [1.29, 1.82) is 0 Å². The number of aryl methyl sites for hydroxylation is 2. The van der Waals surface area contributed by atoms with Crippen LogP contribution in [0.1, 0.15) is 16.7 Å². The Morgan fingerprint density at radius 1 is 1.12 bits per heavy atom. The van der Waals surface area contributed by atoms with Crippen LogP contribution in [0, 0.1) is 13.8 Å². The van der Waals surface area contributed by atoms with Gasteiger partial charge in [0.15, 0.2) is 17.5 Å². The Labute approximate surface area is 169 Å². The lowest BCUT2D eigenvalue weighted by Gasteiger charge is -2.20. The molecule has 134 valence electrons. The van der Waals surface area contributed by atoms with E-state index in [2.05, 4.69) is 16.4 Å². The van der Waals surface area contributed by atoms with Crippen molar-refractivity contribution in [2.24, 2.45) is 10.7 Å². The Bertz CT molecular complexity index is 776. The molecule has 2 aromatic carbocycles. The van der Waals surface area contributed by atoms with Crippen LogP contribution in [-0.2, 0) is 6.54 Å². The zero-order valence-corrected chi connectivity index (χ0v) is 17.2. The van der Waals surface area contributed by atoms with E-state index in [1.807, 2.05) is 38.1 Å². The van der Waals surface area contributed by atoms with Gasteiger partial charge in [0.25, 0.3) is 0 Å². The molecule has 1 aliphatic rings. The Morgan fingerprint density at radius 2 is 1.80 bits per heavy atom. The number of nitrogens with zero attached hydrogens (tertiary/aromatic N) is 1. The number of rotatable bonds is 3. The normalized spacial score (nSPS) is 13.2. The number of fused-ring (bicyclic) bond motifs is 1. The maximum Gasteiger partial charge on any atom is 0.193 e. The number of aliphatic imine (C=N–C) groups is 1. The lowest BCUT2D eigenvalue weighted by Crippen LogP contribution is -2.22. The quantitative estimate of drug-likeness (QED) is 0.397. The molecule has 0 aliphatic carbocycles. The highest BCUT2D eigenvalue weighted by atomic mass is 127. The number of nitrogens with two attached hydrogens (primary N) is 1. The lowest BCUT2D eigenvalue weighted by molar-refractivity contribution is 0.171. The van der Waals surface area contributed by atoms with Gasteiger partial charge in [0.2, 0.25) is 0 Å². The van der Waals surface area contributed by atoms with E-state index < -0.39 is 0 Å². The monoisotopic (exact) mass is 473 g/mol. The molecule has 2 aromatic rings. The van der Waals surface area contributed by atoms with Gasteiger partial charge in [-0.25, -0.2) is 4.99 Å². The molecule has 25 heavy (non-hydrogen) atoms. The van der Waals surface area contributed by atoms with Gasteiger partial charge in [0.1, 0.15) is 13.2 Å². The van der Waals surface area contributed by atoms with E-state index in [1.165, 1.54) is 11.1 Å². The first-order valence-corrected chi connectivity index (χ1v) is 8.12. The number of hydrogen-bond donors (Lipinski definition) is 2. The second-order valence-electron chi connectivity index (χ2n) is 5.80. The molecule has 0 amide bonds.